The van der Waals surface area contributed by atoms with Crippen LogP contribution >= 0.6 is 0 Å². The van der Waals surface area contributed by atoms with Crippen molar-refractivity contribution in [3.05, 3.63) is 77.4 Å². The summed E-state index contributed by atoms with van der Waals surface area (Å²) < 4.78 is 4.78. The number of nitrogens with zero attached hydrogens (tertiary/aromatic N) is 1. The van der Waals surface area contributed by atoms with Crippen molar-refractivity contribution in [1.82, 2.24) is 4.90 Å². The lowest BCUT2D eigenvalue weighted by molar-refractivity contribution is 0.0600. The molecule has 2 aliphatic rings. The molecule has 3 heteroatoms. The number of ether oxygens (including phenoxy) is 1. The van der Waals surface area contributed by atoms with Crippen LogP contribution in [0.25, 0.3) is 5.57 Å². The van der Waals surface area contributed by atoms with Gasteiger partial charge in [-0.25, -0.2) is 4.79 Å². The summed E-state index contributed by atoms with van der Waals surface area (Å²) in [5.74, 6) is -0.279. The topological polar surface area (TPSA) is 29.5 Å². The SMILES string of the molecule is COC(=O)c1ccc(C2=CC3CCC(C2)N3Cc2ccccc2)cc1. The van der Waals surface area contributed by atoms with Crippen molar-refractivity contribution in [3.63, 3.8) is 0 Å². The first-order valence-electron chi connectivity index (χ1n) is 8.94. The maximum atomic E-state index is 11.6. The third-order valence-electron chi connectivity index (χ3n) is 5.42. The van der Waals surface area contributed by atoms with Crippen LogP contribution in [0.4, 0.5) is 0 Å². The van der Waals surface area contributed by atoms with Crippen molar-refractivity contribution in [2.45, 2.75) is 37.9 Å². The van der Waals surface area contributed by atoms with Gasteiger partial charge in [0.1, 0.15) is 0 Å². The molecular formula is C22H23NO2. The zero-order valence-electron chi connectivity index (χ0n) is 14.5. The molecule has 2 aliphatic heterocycles. The van der Waals surface area contributed by atoms with Gasteiger partial charge in [-0.1, -0.05) is 48.5 Å². The molecule has 2 atom stereocenters. The molecule has 0 saturated carbocycles. The van der Waals surface area contributed by atoms with Gasteiger partial charge in [0.05, 0.1) is 12.7 Å². The summed E-state index contributed by atoms with van der Waals surface area (Å²) in [4.78, 5) is 14.2. The Labute approximate surface area is 148 Å². The fourth-order valence-corrected chi connectivity index (χ4v) is 4.11. The van der Waals surface area contributed by atoms with E-state index in [1.807, 2.05) is 24.3 Å². The Hall–Kier alpha value is -2.39. The van der Waals surface area contributed by atoms with Gasteiger partial charge in [-0.05, 0) is 48.1 Å². The Morgan fingerprint density at radius 1 is 1.08 bits per heavy atom. The van der Waals surface area contributed by atoms with Gasteiger partial charge >= 0.3 is 5.97 Å². The molecular weight excluding hydrogens is 310 g/mol. The fourth-order valence-electron chi connectivity index (χ4n) is 4.11. The highest BCUT2D eigenvalue weighted by atomic mass is 16.5. The number of hydrogen-bond donors (Lipinski definition) is 0. The Morgan fingerprint density at radius 3 is 2.52 bits per heavy atom. The largest absolute Gasteiger partial charge is 0.465 e. The van der Waals surface area contributed by atoms with E-state index in [0.29, 0.717) is 17.6 Å². The summed E-state index contributed by atoms with van der Waals surface area (Å²) >= 11 is 0. The first kappa shape index (κ1) is 16.1. The normalized spacial score (nSPS) is 22.5. The predicted octanol–water partition coefficient (Wildman–Crippen LogP) is 4.29. The van der Waals surface area contributed by atoms with E-state index in [-0.39, 0.29) is 5.97 Å². The summed E-state index contributed by atoms with van der Waals surface area (Å²) in [5, 5.41) is 0. The van der Waals surface area contributed by atoms with Crippen molar-refractivity contribution in [2.75, 3.05) is 7.11 Å². The smallest absolute Gasteiger partial charge is 0.337 e. The number of carbonyl (C=O) groups is 1. The maximum absolute atomic E-state index is 11.6. The molecule has 1 fully saturated rings. The van der Waals surface area contributed by atoms with Crippen LogP contribution in [0, 0.1) is 0 Å². The minimum absolute atomic E-state index is 0.279. The van der Waals surface area contributed by atoms with Crippen LogP contribution in [-0.4, -0.2) is 30.1 Å². The van der Waals surface area contributed by atoms with E-state index in [1.165, 1.54) is 36.7 Å². The summed E-state index contributed by atoms with van der Waals surface area (Å²) in [6.07, 6.45) is 6.01. The third-order valence-corrected chi connectivity index (χ3v) is 5.42. The second-order valence-corrected chi connectivity index (χ2v) is 6.92. The molecule has 2 heterocycles. The minimum Gasteiger partial charge on any atom is -0.465 e. The zero-order chi connectivity index (χ0) is 17.2. The predicted molar refractivity (Wildman–Crippen MR) is 99.2 cm³/mol. The molecule has 128 valence electrons. The van der Waals surface area contributed by atoms with Crippen molar-refractivity contribution < 1.29 is 9.53 Å². The van der Waals surface area contributed by atoms with Crippen molar-refractivity contribution >= 4 is 11.5 Å². The molecule has 0 radical (unpaired) electrons. The maximum Gasteiger partial charge on any atom is 0.337 e. The lowest BCUT2D eigenvalue weighted by Crippen LogP contribution is -2.37. The Balaban J connectivity index is 1.52. The fraction of sp³-hybridized carbons (Fsp3) is 0.318. The van der Waals surface area contributed by atoms with Crippen LogP contribution in [0.1, 0.15) is 40.7 Å². The molecule has 3 nitrogen and oxygen atoms in total. The first-order chi connectivity index (χ1) is 12.2. The van der Waals surface area contributed by atoms with Crippen molar-refractivity contribution in [3.8, 4) is 0 Å². The molecule has 25 heavy (non-hydrogen) atoms. The Morgan fingerprint density at radius 2 is 1.84 bits per heavy atom. The average Bonchev–Trinajstić information content (AvgIpc) is 2.90. The summed E-state index contributed by atoms with van der Waals surface area (Å²) in [7, 11) is 1.42. The van der Waals surface area contributed by atoms with Crippen LogP contribution in [0.5, 0.6) is 0 Å². The molecule has 4 rings (SSSR count). The van der Waals surface area contributed by atoms with Crippen molar-refractivity contribution in [1.29, 1.82) is 0 Å². The van der Waals surface area contributed by atoms with Crippen LogP contribution in [-0.2, 0) is 11.3 Å². The molecule has 0 N–H and O–H groups in total. The van der Waals surface area contributed by atoms with Crippen LogP contribution in [0.15, 0.2) is 60.7 Å². The number of esters is 1. The quantitative estimate of drug-likeness (QED) is 0.782. The van der Waals surface area contributed by atoms with Gasteiger partial charge in [-0.2, -0.15) is 0 Å². The molecule has 2 bridgehead atoms. The van der Waals surface area contributed by atoms with Gasteiger partial charge in [0, 0.05) is 18.6 Å². The van der Waals surface area contributed by atoms with Gasteiger partial charge in [0.15, 0.2) is 0 Å². The van der Waals surface area contributed by atoms with Gasteiger partial charge in [-0.15, -0.1) is 0 Å². The van der Waals surface area contributed by atoms with Gasteiger partial charge < -0.3 is 4.74 Å². The van der Waals surface area contributed by atoms with Crippen LogP contribution < -0.4 is 0 Å². The summed E-state index contributed by atoms with van der Waals surface area (Å²) in [6.45, 7) is 1.03. The number of carbonyl (C=O) groups excluding carboxylic acids is 1. The van der Waals surface area contributed by atoms with Crippen LogP contribution in [0.3, 0.4) is 0 Å². The molecule has 0 aliphatic carbocycles. The molecule has 1 saturated heterocycles. The lowest BCUT2D eigenvalue weighted by atomic mass is 9.93. The number of hydrogen-bond acceptors (Lipinski definition) is 3. The molecule has 2 unspecified atom stereocenters. The Kier molecular flexibility index (Phi) is 4.41. The van der Waals surface area contributed by atoms with E-state index in [9.17, 15) is 4.79 Å². The highest BCUT2D eigenvalue weighted by molar-refractivity contribution is 5.89. The number of benzene rings is 2. The van der Waals surface area contributed by atoms with E-state index < -0.39 is 0 Å². The van der Waals surface area contributed by atoms with E-state index in [1.54, 1.807) is 0 Å². The average molecular weight is 333 g/mol. The zero-order valence-corrected chi connectivity index (χ0v) is 14.5. The standard InChI is InChI=1S/C22H23NO2/c1-25-22(24)18-9-7-17(8-10-18)19-13-20-11-12-21(14-19)23(20)15-16-5-3-2-4-6-16/h2-10,13,20-21H,11-12,14-15H2,1H3. The molecule has 0 amide bonds. The molecule has 0 aromatic heterocycles. The van der Waals surface area contributed by atoms with Gasteiger partial charge in [-0.3, -0.25) is 4.90 Å². The monoisotopic (exact) mass is 333 g/mol. The summed E-state index contributed by atoms with van der Waals surface area (Å²) in [5.41, 5.74) is 4.63. The van der Waals surface area contributed by atoms with E-state index in [0.717, 1.165) is 13.0 Å². The first-order valence-corrected chi connectivity index (χ1v) is 8.94. The van der Waals surface area contributed by atoms with Gasteiger partial charge in [0.25, 0.3) is 0 Å². The van der Waals surface area contributed by atoms with Crippen LogP contribution in [0.2, 0.25) is 0 Å². The highest BCUT2D eigenvalue weighted by Gasteiger charge is 2.36. The second-order valence-electron chi connectivity index (χ2n) is 6.92. The van der Waals surface area contributed by atoms with E-state index in [4.69, 9.17) is 4.74 Å². The lowest BCUT2D eigenvalue weighted by Gasteiger charge is -2.34. The molecule has 2 aromatic rings. The number of rotatable bonds is 4. The highest BCUT2D eigenvalue weighted by Crippen LogP contribution is 2.39. The van der Waals surface area contributed by atoms with Crippen molar-refractivity contribution in [2.24, 2.45) is 0 Å². The molecule has 0 spiro atoms. The second kappa shape index (κ2) is 6.85. The third kappa shape index (κ3) is 3.24. The Bertz CT molecular complexity index is 779. The summed E-state index contributed by atoms with van der Waals surface area (Å²) in [6, 6.07) is 19.7. The molecule has 2 aromatic carbocycles. The number of methoxy groups -OCH3 is 1. The minimum atomic E-state index is -0.279. The van der Waals surface area contributed by atoms with Gasteiger partial charge in [0.2, 0.25) is 0 Å². The van der Waals surface area contributed by atoms with E-state index >= 15 is 0 Å². The number of fused-ring (bicyclic) bond motifs is 2. The van der Waals surface area contributed by atoms with E-state index in [2.05, 4.69) is 41.3 Å².